The number of para-hydroxylation sites is 1. The maximum absolute atomic E-state index is 12.1. The van der Waals surface area contributed by atoms with Crippen LogP contribution in [0.5, 0.6) is 5.75 Å². The maximum Gasteiger partial charge on any atom is 0.306 e. The van der Waals surface area contributed by atoms with Crippen LogP contribution in [0.25, 0.3) is 22.0 Å². The first kappa shape index (κ1) is 17.7. The van der Waals surface area contributed by atoms with Crippen LogP contribution in [0.15, 0.2) is 53.3 Å². The lowest BCUT2D eigenvalue weighted by Gasteiger charge is -2.05. The van der Waals surface area contributed by atoms with Gasteiger partial charge in [-0.15, -0.1) is 0 Å². The van der Waals surface area contributed by atoms with Crippen molar-refractivity contribution in [2.45, 2.75) is 6.42 Å². The molecule has 3 aromatic rings. The highest BCUT2D eigenvalue weighted by Crippen LogP contribution is 2.21. The molecule has 0 atom stereocenters. The number of halogens is 1. The van der Waals surface area contributed by atoms with E-state index in [1.807, 2.05) is 0 Å². The first-order valence-electron chi connectivity index (χ1n) is 7.84. The Morgan fingerprint density at radius 2 is 1.92 bits per heavy atom. The Labute approximate surface area is 153 Å². The molecule has 7 heteroatoms. The SMILES string of the molecule is O=C(O)CCOc1ccc(C=C(Cl)c2nc3ccccc3c(=O)[nH]2)cc1. The van der Waals surface area contributed by atoms with Gasteiger partial charge in [0.1, 0.15) is 5.75 Å². The number of ether oxygens (including phenoxy) is 1. The fraction of sp³-hybridized carbons (Fsp3) is 0.105. The van der Waals surface area contributed by atoms with Gasteiger partial charge in [0.2, 0.25) is 0 Å². The first-order valence-corrected chi connectivity index (χ1v) is 8.22. The van der Waals surface area contributed by atoms with Crippen molar-refractivity contribution >= 4 is 39.6 Å². The van der Waals surface area contributed by atoms with E-state index in [9.17, 15) is 9.59 Å². The van der Waals surface area contributed by atoms with Crippen molar-refractivity contribution in [3.63, 3.8) is 0 Å². The van der Waals surface area contributed by atoms with E-state index in [4.69, 9.17) is 21.4 Å². The summed E-state index contributed by atoms with van der Waals surface area (Å²) in [4.78, 5) is 29.6. The minimum atomic E-state index is -0.909. The number of hydrogen-bond donors (Lipinski definition) is 2. The second-order valence-corrected chi connectivity index (χ2v) is 5.89. The smallest absolute Gasteiger partial charge is 0.306 e. The third-order valence-electron chi connectivity index (χ3n) is 3.60. The van der Waals surface area contributed by atoms with Gasteiger partial charge in [0.25, 0.3) is 5.56 Å². The summed E-state index contributed by atoms with van der Waals surface area (Å²) in [6.45, 7) is 0.105. The predicted molar refractivity (Wildman–Crippen MR) is 100 cm³/mol. The quantitative estimate of drug-likeness (QED) is 0.692. The average molecular weight is 371 g/mol. The molecule has 3 rings (SSSR count). The molecule has 0 aliphatic heterocycles. The molecule has 2 aromatic carbocycles. The summed E-state index contributed by atoms with van der Waals surface area (Å²) in [5.74, 6) is -0.0536. The second-order valence-electron chi connectivity index (χ2n) is 5.49. The van der Waals surface area contributed by atoms with Crippen molar-refractivity contribution in [1.82, 2.24) is 9.97 Å². The van der Waals surface area contributed by atoms with E-state index < -0.39 is 5.97 Å². The zero-order chi connectivity index (χ0) is 18.5. The summed E-state index contributed by atoms with van der Waals surface area (Å²) in [7, 11) is 0. The van der Waals surface area contributed by atoms with Crippen molar-refractivity contribution in [2.75, 3.05) is 6.61 Å². The highest BCUT2D eigenvalue weighted by atomic mass is 35.5. The van der Waals surface area contributed by atoms with Crippen LogP contribution >= 0.6 is 11.6 Å². The molecule has 0 saturated heterocycles. The van der Waals surface area contributed by atoms with Gasteiger partial charge in [0.05, 0.1) is 29.0 Å². The summed E-state index contributed by atoms with van der Waals surface area (Å²) in [5, 5.41) is 9.40. The highest BCUT2D eigenvalue weighted by molar-refractivity contribution is 6.50. The Bertz CT molecular complexity index is 1030. The monoisotopic (exact) mass is 370 g/mol. The zero-order valence-electron chi connectivity index (χ0n) is 13.6. The predicted octanol–water partition coefficient (Wildman–Crippen LogP) is 3.51. The number of hydrogen-bond acceptors (Lipinski definition) is 4. The number of aromatic amines is 1. The van der Waals surface area contributed by atoms with E-state index >= 15 is 0 Å². The Balaban J connectivity index is 1.79. The van der Waals surface area contributed by atoms with Gasteiger partial charge in [-0.2, -0.15) is 0 Å². The minimum Gasteiger partial charge on any atom is -0.493 e. The van der Waals surface area contributed by atoms with Crippen LogP contribution in [0.2, 0.25) is 0 Å². The third kappa shape index (κ3) is 4.29. The number of nitrogens with one attached hydrogen (secondary N) is 1. The van der Waals surface area contributed by atoms with Gasteiger partial charge in [-0.3, -0.25) is 9.59 Å². The van der Waals surface area contributed by atoms with Crippen molar-refractivity contribution in [3.05, 3.63) is 70.3 Å². The van der Waals surface area contributed by atoms with E-state index in [1.165, 1.54) is 0 Å². The van der Waals surface area contributed by atoms with Gasteiger partial charge in [-0.25, -0.2) is 4.98 Å². The van der Waals surface area contributed by atoms with Crippen molar-refractivity contribution < 1.29 is 14.6 Å². The largest absolute Gasteiger partial charge is 0.493 e. The molecule has 132 valence electrons. The Kier molecular flexibility index (Phi) is 5.34. The molecule has 0 radical (unpaired) electrons. The van der Waals surface area contributed by atoms with Crippen LogP contribution in [-0.2, 0) is 4.79 Å². The van der Waals surface area contributed by atoms with Crippen molar-refractivity contribution in [3.8, 4) is 5.75 Å². The van der Waals surface area contributed by atoms with E-state index in [0.29, 0.717) is 21.7 Å². The molecule has 26 heavy (non-hydrogen) atoms. The van der Waals surface area contributed by atoms with Crippen LogP contribution in [0.3, 0.4) is 0 Å². The number of rotatable bonds is 6. The number of carbonyl (C=O) groups is 1. The van der Waals surface area contributed by atoms with Crippen LogP contribution in [-0.4, -0.2) is 27.7 Å². The minimum absolute atomic E-state index is 0.0610. The molecular weight excluding hydrogens is 356 g/mol. The van der Waals surface area contributed by atoms with E-state index in [2.05, 4.69) is 9.97 Å². The molecule has 1 heterocycles. The lowest BCUT2D eigenvalue weighted by Crippen LogP contribution is -2.10. The number of carboxylic acids is 1. The molecule has 0 bridgehead atoms. The van der Waals surface area contributed by atoms with Crippen LogP contribution in [0.1, 0.15) is 17.8 Å². The fourth-order valence-electron chi connectivity index (χ4n) is 2.33. The molecule has 0 aliphatic rings. The summed E-state index contributed by atoms with van der Waals surface area (Å²) < 4.78 is 5.33. The lowest BCUT2D eigenvalue weighted by atomic mass is 10.2. The molecule has 2 N–H and O–H groups in total. The number of fused-ring (bicyclic) bond motifs is 1. The molecule has 6 nitrogen and oxygen atoms in total. The Hall–Kier alpha value is -3.12. The molecule has 0 fully saturated rings. The average Bonchev–Trinajstić information content (AvgIpc) is 2.63. The lowest BCUT2D eigenvalue weighted by molar-refractivity contribution is -0.137. The number of carboxylic acid groups (broad SMARTS) is 1. The van der Waals surface area contributed by atoms with Crippen molar-refractivity contribution in [1.29, 1.82) is 0 Å². The van der Waals surface area contributed by atoms with Gasteiger partial charge < -0.3 is 14.8 Å². The maximum atomic E-state index is 12.1. The van der Waals surface area contributed by atoms with Crippen LogP contribution in [0.4, 0.5) is 0 Å². The molecule has 1 aromatic heterocycles. The van der Waals surface area contributed by atoms with Crippen LogP contribution < -0.4 is 10.3 Å². The molecule has 0 aliphatic carbocycles. The number of benzene rings is 2. The second kappa shape index (κ2) is 7.84. The molecule has 0 saturated carbocycles. The van der Waals surface area contributed by atoms with Gasteiger partial charge in [-0.1, -0.05) is 35.9 Å². The summed E-state index contributed by atoms with van der Waals surface area (Å²) in [6.07, 6.45) is 1.62. The van der Waals surface area contributed by atoms with Gasteiger partial charge in [0.15, 0.2) is 5.82 Å². The summed E-state index contributed by atoms with van der Waals surface area (Å²) >= 11 is 6.30. The normalized spacial score (nSPS) is 11.5. The first-order chi connectivity index (χ1) is 12.5. The van der Waals surface area contributed by atoms with Gasteiger partial charge in [0, 0.05) is 0 Å². The number of aromatic nitrogens is 2. The van der Waals surface area contributed by atoms with Crippen molar-refractivity contribution in [2.24, 2.45) is 0 Å². The number of nitrogens with zero attached hydrogens (tertiary/aromatic N) is 1. The van der Waals surface area contributed by atoms with E-state index in [1.54, 1.807) is 54.6 Å². The van der Waals surface area contributed by atoms with Gasteiger partial charge >= 0.3 is 5.97 Å². The summed E-state index contributed by atoms with van der Waals surface area (Å²) in [5.41, 5.74) is 1.11. The zero-order valence-corrected chi connectivity index (χ0v) is 14.4. The fourth-order valence-corrected chi connectivity index (χ4v) is 2.55. The Morgan fingerprint density at radius 1 is 1.19 bits per heavy atom. The third-order valence-corrected chi connectivity index (χ3v) is 3.89. The molecule has 0 amide bonds. The number of aliphatic carboxylic acids is 1. The topological polar surface area (TPSA) is 92.3 Å². The molecular formula is C19H15ClN2O4. The highest BCUT2D eigenvalue weighted by Gasteiger charge is 2.06. The van der Waals surface area contributed by atoms with Gasteiger partial charge in [-0.05, 0) is 35.9 Å². The molecule has 0 spiro atoms. The molecule has 0 unspecified atom stereocenters. The summed E-state index contributed by atoms with van der Waals surface area (Å²) in [6, 6.07) is 14.0. The Morgan fingerprint density at radius 3 is 2.65 bits per heavy atom. The van der Waals surface area contributed by atoms with E-state index in [0.717, 1.165) is 5.56 Å². The standard InChI is InChI=1S/C19H15ClN2O4/c20-15(18-21-16-4-2-1-3-14(16)19(25)22-18)11-12-5-7-13(8-6-12)26-10-9-17(23)24/h1-8,11H,9-10H2,(H,23,24)(H,21,22,25). The van der Waals surface area contributed by atoms with Crippen LogP contribution in [0, 0.1) is 0 Å². The number of H-pyrrole nitrogens is 1. The van der Waals surface area contributed by atoms with E-state index in [-0.39, 0.29) is 24.4 Å².